The zero-order chi connectivity index (χ0) is 22.1. The van der Waals surface area contributed by atoms with Gasteiger partial charge in [0.2, 0.25) is 0 Å². The van der Waals surface area contributed by atoms with Crippen LogP contribution in [0.25, 0.3) is 16.9 Å². The minimum Gasteiger partial charge on any atom is -0.451 e. The molecular weight excluding hydrogens is 404 g/mol. The van der Waals surface area contributed by atoms with Crippen LogP contribution in [0, 0.1) is 0 Å². The van der Waals surface area contributed by atoms with E-state index in [1.54, 1.807) is 47.3 Å². The van der Waals surface area contributed by atoms with Crippen molar-refractivity contribution in [1.29, 1.82) is 0 Å². The SMILES string of the molecule is CC(C)c1c(C(=O)OC(C)c2nc3ccccc3n2C(F)F)cnn1-c1ccccn1. The lowest BCUT2D eigenvalue weighted by Crippen LogP contribution is -2.16. The average molecular weight is 425 g/mol. The molecule has 0 spiro atoms. The minimum atomic E-state index is -2.82. The molecule has 1 unspecified atom stereocenters. The molecule has 7 nitrogen and oxygen atoms in total. The predicted octanol–water partition coefficient (Wildman–Crippen LogP) is 5.05. The smallest absolute Gasteiger partial charge is 0.342 e. The maximum Gasteiger partial charge on any atom is 0.342 e. The molecule has 0 saturated heterocycles. The molecule has 1 aromatic carbocycles. The fourth-order valence-electron chi connectivity index (χ4n) is 3.56. The van der Waals surface area contributed by atoms with E-state index in [-0.39, 0.29) is 22.8 Å². The first-order chi connectivity index (χ1) is 14.9. The standard InChI is InChI=1S/C22H21F2N5O2/c1-13(2)19-15(12-26-29(19)18-10-6-7-11-25-18)21(30)31-14(3)20-27-16-8-4-5-9-17(16)28(20)22(23)24/h4-14,22H,1-3H3. The number of esters is 1. The third-order valence-electron chi connectivity index (χ3n) is 4.91. The molecule has 0 aliphatic rings. The van der Waals surface area contributed by atoms with Gasteiger partial charge in [0.05, 0.1) is 22.9 Å². The molecule has 3 aromatic heterocycles. The van der Waals surface area contributed by atoms with Crippen LogP contribution in [-0.4, -0.2) is 30.3 Å². The Morgan fingerprint density at radius 3 is 2.48 bits per heavy atom. The van der Waals surface area contributed by atoms with E-state index in [4.69, 9.17) is 4.74 Å². The highest BCUT2D eigenvalue weighted by molar-refractivity contribution is 5.91. The van der Waals surface area contributed by atoms with Crippen molar-refractivity contribution in [3.05, 3.63) is 71.9 Å². The van der Waals surface area contributed by atoms with Crippen LogP contribution in [-0.2, 0) is 4.74 Å². The summed E-state index contributed by atoms with van der Waals surface area (Å²) in [7, 11) is 0. The highest BCUT2D eigenvalue weighted by Crippen LogP contribution is 2.30. The molecule has 0 aliphatic heterocycles. The van der Waals surface area contributed by atoms with Gasteiger partial charge in [-0.3, -0.25) is 4.57 Å². The Kier molecular flexibility index (Phi) is 5.50. The quantitative estimate of drug-likeness (QED) is 0.404. The van der Waals surface area contributed by atoms with Gasteiger partial charge < -0.3 is 4.74 Å². The van der Waals surface area contributed by atoms with E-state index in [1.807, 2.05) is 19.9 Å². The first-order valence-electron chi connectivity index (χ1n) is 9.83. The van der Waals surface area contributed by atoms with Crippen LogP contribution >= 0.6 is 0 Å². The van der Waals surface area contributed by atoms with Crippen molar-refractivity contribution in [3.63, 3.8) is 0 Å². The molecule has 4 aromatic rings. The Bertz CT molecular complexity index is 1220. The van der Waals surface area contributed by atoms with Crippen molar-refractivity contribution in [1.82, 2.24) is 24.3 Å². The van der Waals surface area contributed by atoms with Crippen LogP contribution in [0.1, 0.15) is 61.2 Å². The van der Waals surface area contributed by atoms with Gasteiger partial charge in [-0.05, 0) is 37.1 Å². The first-order valence-corrected chi connectivity index (χ1v) is 9.83. The third kappa shape index (κ3) is 3.78. The first kappa shape index (κ1) is 20.6. The highest BCUT2D eigenvalue weighted by Gasteiger charge is 2.28. The summed E-state index contributed by atoms with van der Waals surface area (Å²) in [6.45, 7) is 2.55. The van der Waals surface area contributed by atoms with E-state index in [2.05, 4.69) is 15.1 Å². The summed E-state index contributed by atoms with van der Waals surface area (Å²) in [6.07, 6.45) is 2.05. The predicted molar refractivity (Wildman–Crippen MR) is 110 cm³/mol. The molecule has 9 heteroatoms. The number of nitrogens with zero attached hydrogens (tertiary/aromatic N) is 5. The number of rotatable bonds is 6. The lowest BCUT2D eigenvalue weighted by molar-refractivity contribution is 0.0231. The number of fused-ring (bicyclic) bond motifs is 1. The molecule has 0 amide bonds. The fourth-order valence-corrected chi connectivity index (χ4v) is 3.56. The number of benzene rings is 1. The van der Waals surface area contributed by atoms with Crippen LogP contribution in [0.2, 0.25) is 0 Å². The van der Waals surface area contributed by atoms with E-state index < -0.39 is 18.6 Å². The van der Waals surface area contributed by atoms with Crippen LogP contribution in [0.3, 0.4) is 0 Å². The molecule has 4 rings (SSSR count). The highest BCUT2D eigenvalue weighted by atomic mass is 19.3. The average Bonchev–Trinajstić information content (AvgIpc) is 3.36. The number of ether oxygens (including phenoxy) is 1. The van der Waals surface area contributed by atoms with Gasteiger partial charge in [-0.15, -0.1) is 0 Å². The largest absolute Gasteiger partial charge is 0.451 e. The van der Waals surface area contributed by atoms with E-state index in [9.17, 15) is 13.6 Å². The van der Waals surface area contributed by atoms with Gasteiger partial charge in [0.15, 0.2) is 17.7 Å². The Balaban J connectivity index is 1.67. The van der Waals surface area contributed by atoms with Crippen molar-refractivity contribution in [2.45, 2.75) is 39.3 Å². The van der Waals surface area contributed by atoms with Gasteiger partial charge in [-0.2, -0.15) is 13.9 Å². The van der Waals surface area contributed by atoms with Crippen molar-refractivity contribution in [2.24, 2.45) is 0 Å². The van der Waals surface area contributed by atoms with Gasteiger partial charge >= 0.3 is 12.5 Å². The number of hydrogen-bond donors (Lipinski definition) is 0. The van der Waals surface area contributed by atoms with Crippen molar-refractivity contribution < 1.29 is 18.3 Å². The number of halogens is 2. The summed E-state index contributed by atoms with van der Waals surface area (Å²) >= 11 is 0. The van der Waals surface area contributed by atoms with Crippen LogP contribution < -0.4 is 0 Å². The molecule has 0 fully saturated rings. The summed E-state index contributed by atoms with van der Waals surface area (Å²) in [4.78, 5) is 21.5. The fraction of sp³-hybridized carbons (Fsp3) is 0.273. The summed E-state index contributed by atoms with van der Waals surface area (Å²) < 4.78 is 35.4. The van der Waals surface area contributed by atoms with Gasteiger partial charge in [-0.25, -0.2) is 19.4 Å². The number of aromatic nitrogens is 5. The Hall–Kier alpha value is -3.62. The van der Waals surface area contributed by atoms with Crippen molar-refractivity contribution in [3.8, 4) is 5.82 Å². The molecule has 0 radical (unpaired) electrons. The second-order valence-electron chi connectivity index (χ2n) is 7.35. The monoisotopic (exact) mass is 425 g/mol. The molecule has 0 aliphatic carbocycles. The van der Waals surface area contributed by atoms with E-state index in [1.165, 1.54) is 13.1 Å². The summed E-state index contributed by atoms with van der Waals surface area (Å²) in [5.41, 5.74) is 1.57. The Morgan fingerprint density at radius 1 is 1.06 bits per heavy atom. The number of carbonyl (C=O) groups excluding carboxylic acids is 1. The lowest BCUT2D eigenvalue weighted by atomic mass is 10.1. The third-order valence-corrected chi connectivity index (χ3v) is 4.91. The van der Waals surface area contributed by atoms with Crippen LogP contribution in [0.5, 0.6) is 0 Å². The molecule has 0 bridgehead atoms. The van der Waals surface area contributed by atoms with Crippen molar-refractivity contribution in [2.75, 3.05) is 0 Å². The maximum absolute atomic E-state index is 13.7. The van der Waals surface area contributed by atoms with E-state index in [0.717, 1.165) is 4.57 Å². The topological polar surface area (TPSA) is 74.8 Å². The number of hydrogen-bond acceptors (Lipinski definition) is 5. The minimum absolute atomic E-state index is 0.0206. The van der Waals surface area contributed by atoms with Gasteiger partial charge in [0, 0.05) is 6.20 Å². The van der Waals surface area contributed by atoms with Gasteiger partial charge in [-0.1, -0.05) is 32.0 Å². The van der Waals surface area contributed by atoms with Gasteiger partial charge in [0.25, 0.3) is 0 Å². The Morgan fingerprint density at radius 2 is 1.81 bits per heavy atom. The second-order valence-corrected chi connectivity index (χ2v) is 7.35. The molecule has 160 valence electrons. The van der Waals surface area contributed by atoms with E-state index in [0.29, 0.717) is 17.0 Å². The maximum atomic E-state index is 13.7. The number of imidazole rings is 1. The zero-order valence-electron chi connectivity index (χ0n) is 17.2. The van der Waals surface area contributed by atoms with Crippen LogP contribution in [0.4, 0.5) is 8.78 Å². The molecule has 0 saturated carbocycles. The lowest BCUT2D eigenvalue weighted by Gasteiger charge is -2.16. The van der Waals surface area contributed by atoms with E-state index >= 15 is 0 Å². The number of alkyl halides is 2. The molecular formula is C22H21F2N5O2. The molecule has 1 atom stereocenters. The Labute approximate surface area is 177 Å². The molecule has 3 heterocycles. The number of para-hydroxylation sites is 2. The summed E-state index contributed by atoms with van der Waals surface area (Å²) in [5.74, 6) is -0.176. The summed E-state index contributed by atoms with van der Waals surface area (Å²) in [6, 6.07) is 12.0. The van der Waals surface area contributed by atoms with Crippen molar-refractivity contribution >= 4 is 17.0 Å². The summed E-state index contributed by atoms with van der Waals surface area (Å²) in [5, 5.41) is 4.30. The zero-order valence-corrected chi connectivity index (χ0v) is 17.2. The molecule has 0 N–H and O–H groups in total. The second kappa shape index (κ2) is 8.25. The molecule has 31 heavy (non-hydrogen) atoms. The number of carbonyl (C=O) groups is 1. The number of pyridine rings is 1. The van der Waals surface area contributed by atoms with Gasteiger partial charge in [0.1, 0.15) is 5.56 Å². The normalized spacial score (nSPS) is 12.6. The van der Waals surface area contributed by atoms with Crippen LogP contribution in [0.15, 0.2) is 54.9 Å².